The Labute approximate surface area is 139 Å². The number of aryl methyl sites for hydroxylation is 2. The van der Waals surface area contributed by atoms with Crippen LogP contribution in [0.2, 0.25) is 0 Å². The molecule has 1 N–H and O–H groups in total. The monoisotopic (exact) mass is 358 g/mol. The van der Waals surface area contributed by atoms with Gasteiger partial charge < -0.3 is 0 Å². The Kier molecular flexibility index (Phi) is 5.50. The van der Waals surface area contributed by atoms with E-state index in [0.717, 1.165) is 21.3 Å². The van der Waals surface area contributed by atoms with Gasteiger partial charge in [0.05, 0.1) is 12.1 Å². The normalized spacial score (nSPS) is 11.4. The van der Waals surface area contributed by atoms with Gasteiger partial charge in [0.2, 0.25) is 5.91 Å². The fourth-order valence-corrected chi connectivity index (χ4v) is 2.30. The van der Waals surface area contributed by atoms with Gasteiger partial charge in [0.25, 0.3) is 0 Å². The van der Waals surface area contributed by atoms with Crippen LogP contribution in [0.4, 0.5) is 0 Å². The van der Waals surface area contributed by atoms with Crippen molar-refractivity contribution in [2.45, 2.75) is 27.2 Å². The highest BCUT2D eigenvalue weighted by atomic mass is 79.9. The second-order valence-corrected chi connectivity index (χ2v) is 6.25. The fourth-order valence-electron chi connectivity index (χ4n) is 2.04. The third kappa shape index (κ3) is 4.53. The lowest BCUT2D eigenvalue weighted by Crippen LogP contribution is -2.21. The number of hydrogen-bond donors (Lipinski definition) is 1. The molecular formula is C18H19BrN2O. The van der Waals surface area contributed by atoms with E-state index in [0.29, 0.717) is 6.42 Å². The number of hydrazone groups is 1. The van der Waals surface area contributed by atoms with E-state index in [-0.39, 0.29) is 5.91 Å². The molecule has 0 saturated carbocycles. The van der Waals surface area contributed by atoms with E-state index in [4.69, 9.17) is 0 Å². The van der Waals surface area contributed by atoms with Crippen molar-refractivity contribution in [2.24, 2.45) is 5.10 Å². The largest absolute Gasteiger partial charge is 0.273 e. The predicted octanol–water partition coefficient (Wildman–Crippen LogP) is 4.15. The molecule has 0 aliphatic rings. The third-order valence-electron chi connectivity index (χ3n) is 3.55. The molecule has 0 bridgehead atoms. The minimum absolute atomic E-state index is 0.111. The smallest absolute Gasteiger partial charge is 0.244 e. The van der Waals surface area contributed by atoms with Gasteiger partial charge in [-0.1, -0.05) is 46.3 Å². The van der Waals surface area contributed by atoms with E-state index in [1.165, 1.54) is 11.1 Å². The molecule has 0 heterocycles. The van der Waals surface area contributed by atoms with Gasteiger partial charge in [-0.3, -0.25) is 4.79 Å². The summed E-state index contributed by atoms with van der Waals surface area (Å²) in [6, 6.07) is 13.9. The number of rotatable bonds is 4. The Balaban J connectivity index is 1.98. The first kappa shape index (κ1) is 16.4. The maximum atomic E-state index is 12.0. The van der Waals surface area contributed by atoms with Crippen LogP contribution in [-0.2, 0) is 11.2 Å². The molecule has 2 aromatic rings. The quantitative estimate of drug-likeness (QED) is 0.647. The molecule has 22 heavy (non-hydrogen) atoms. The van der Waals surface area contributed by atoms with Gasteiger partial charge in [0, 0.05) is 4.47 Å². The van der Waals surface area contributed by atoms with Crippen molar-refractivity contribution in [3.63, 3.8) is 0 Å². The van der Waals surface area contributed by atoms with Gasteiger partial charge in [-0.25, -0.2) is 5.43 Å². The average molecular weight is 359 g/mol. The molecule has 2 aromatic carbocycles. The molecular weight excluding hydrogens is 340 g/mol. The van der Waals surface area contributed by atoms with Crippen LogP contribution in [0.15, 0.2) is 52.0 Å². The molecule has 0 atom stereocenters. The van der Waals surface area contributed by atoms with Crippen LogP contribution in [-0.4, -0.2) is 11.6 Å². The maximum absolute atomic E-state index is 12.0. The zero-order chi connectivity index (χ0) is 16.1. The van der Waals surface area contributed by atoms with E-state index in [2.05, 4.69) is 33.4 Å². The summed E-state index contributed by atoms with van der Waals surface area (Å²) in [6.07, 6.45) is 0.332. The molecule has 4 heteroatoms. The van der Waals surface area contributed by atoms with Crippen LogP contribution in [0.5, 0.6) is 0 Å². The lowest BCUT2D eigenvalue weighted by atomic mass is 10.0. The van der Waals surface area contributed by atoms with Crippen LogP contribution < -0.4 is 5.43 Å². The molecule has 0 spiro atoms. The van der Waals surface area contributed by atoms with E-state index < -0.39 is 0 Å². The van der Waals surface area contributed by atoms with Crippen molar-refractivity contribution in [2.75, 3.05) is 0 Å². The number of nitrogens with zero attached hydrogens (tertiary/aromatic N) is 1. The maximum Gasteiger partial charge on any atom is 0.244 e. The van der Waals surface area contributed by atoms with Gasteiger partial charge in [-0.05, 0) is 55.2 Å². The zero-order valence-corrected chi connectivity index (χ0v) is 14.6. The third-order valence-corrected chi connectivity index (χ3v) is 4.07. The van der Waals surface area contributed by atoms with E-state index in [1.54, 1.807) is 0 Å². The van der Waals surface area contributed by atoms with Crippen molar-refractivity contribution < 1.29 is 4.79 Å². The number of nitrogens with one attached hydrogen (secondary N) is 1. The molecule has 0 aromatic heterocycles. The second-order valence-electron chi connectivity index (χ2n) is 5.33. The Morgan fingerprint density at radius 1 is 1.09 bits per heavy atom. The molecule has 0 aliphatic carbocycles. The van der Waals surface area contributed by atoms with Crippen molar-refractivity contribution >= 4 is 27.5 Å². The van der Waals surface area contributed by atoms with Gasteiger partial charge in [-0.15, -0.1) is 0 Å². The summed E-state index contributed by atoms with van der Waals surface area (Å²) in [7, 11) is 0. The molecule has 0 saturated heterocycles. The highest BCUT2D eigenvalue weighted by molar-refractivity contribution is 9.10. The predicted molar refractivity (Wildman–Crippen MR) is 94.1 cm³/mol. The number of halogens is 1. The summed E-state index contributed by atoms with van der Waals surface area (Å²) >= 11 is 3.40. The molecule has 114 valence electrons. The van der Waals surface area contributed by atoms with E-state index >= 15 is 0 Å². The van der Waals surface area contributed by atoms with Gasteiger partial charge >= 0.3 is 0 Å². The van der Waals surface area contributed by atoms with E-state index in [1.807, 2.05) is 56.3 Å². The van der Waals surface area contributed by atoms with Crippen molar-refractivity contribution in [3.05, 3.63) is 69.2 Å². The van der Waals surface area contributed by atoms with E-state index in [9.17, 15) is 4.79 Å². The number of benzene rings is 2. The summed E-state index contributed by atoms with van der Waals surface area (Å²) in [4.78, 5) is 12.0. The molecule has 0 aliphatic heterocycles. The first-order chi connectivity index (χ1) is 10.5. The summed E-state index contributed by atoms with van der Waals surface area (Å²) in [5, 5.41) is 4.16. The average Bonchev–Trinajstić information content (AvgIpc) is 2.49. The minimum Gasteiger partial charge on any atom is -0.273 e. The van der Waals surface area contributed by atoms with Gasteiger partial charge in [0.1, 0.15) is 0 Å². The first-order valence-electron chi connectivity index (χ1n) is 7.11. The lowest BCUT2D eigenvalue weighted by molar-refractivity contribution is -0.120. The SMILES string of the molecule is C/C(=N/NC(=O)Cc1ccc(C)c(C)c1)c1ccc(Br)cc1. The lowest BCUT2D eigenvalue weighted by Gasteiger charge is -2.05. The summed E-state index contributed by atoms with van der Waals surface area (Å²) in [5.41, 5.74) is 7.80. The Bertz CT molecular complexity index is 706. The molecule has 0 fully saturated rings. The first-order valence-corrected chi connectivity index (χ1v) is 7.90. The second kappa shape index (κ2) is 7.36. The van der Waals surface area contributed by atoms with Crippen molar-refractivity contribution in [3.8, 4) is 0 Å². The molecule has 1 amide bonds. The molecule has 0 radical (unpaired) electrons. The summed E-state index contributed by atoms with van der Waals surface area (Å²) in [5.74, 6) is -0.111. The van der Waals surface area contributed by atoms with Crippen LogP contribution >= 0.6 is 15.9 Å². The topological polar surface area (TPSA) is 41.5 Å². The molecule has 2 rings (SSSR count). The zero-order valence-electron chi connectivity index (χ0n) is 13.0. The molecule has 0 unspecified atom stereocenters. The minimum atomic E-state index is -0.111. The number of carbonyl (C=O) groups is 1. The van der Waals surface area contributed by atoms with Crippen LogP contribution in [0.25, 0.3) is 0 Å². The van der Waals surface area contributed by atoms with Gasteiger partial charge in [0.15, 0.2) is 0 Å². The van der Waals surface area contributed by atoms with Crippen LogP contribution in [0.3, 0.4) is 0 Å². The summed E-state index contributed by atoms with van der Waals surface area (Å²) < 4.78 is 1.02. The Morgan fingerprint density at radius 2 is 1.77 bits per heavy atom. The van der Waals surface area contributed by atoms with Gasteiger partial charge in [-0.2, -0.15) is 5.10 Å². The molecule has 3 nitrogen and oxygen atoms in total. The highest BCUT2D eigenvalue weighted by Crippen LogP contribution is 2.12. The highest BCUT2D eigenvalue weighted by Gasteiger charge is 2.04. The standard InChI is InChI=1S/C18H19BrN2O/c1-12-4-5-15(10-13(12)2)11-18(22)21-20-14(3)16-6-8-17(19)9-7-16/h4-10H,11H2,1-3H3,(H,21,22)/b20-14-. The van der Waals surface area contributed by atoms with Crippen LogP contribution in [0, 0.1) is 13.8 Å². The number of carbonyl (C=O) groups excluding carboxylic acids is 1. The van der Waals surface area contributed by atoms with Crippen molar-refractivity contribution in [1.82, 2.24) is 5.43 Å². The number of hydrogen-bond acceptors (Lipinski definition) is 2. The Hall–Kier alpha value is -1.94. The van der Waals surface area contributed by atoms with Crippen molar-refractivity contribution in [1.29, 1.82) is 0 Å². The number of amides is 1. The van der Waals surface area contributed by atoms with Crippen LogP contribution in [0.1, 0.15) is 29.2 Å². The summed E-state index contributed by atoms with van der Waals surface area (Å²) in [6.45, 7) is 5.98. The Morgan fingerprint density at radius 3 is 2.41 bits per heavy atom. The fraction of sp³-hybridized carbons (Fsp3) is 0.222.